The van der Waals surface area contributed by atoms with E-state index < -0.39 is 23.0 Å². The van der Waals surface area contributed by atoms with Crippen LogP contribution in [0, 0.1) is 39.4 Å². The van der Waals surface area contributed by atoms with Crippen molar-refractivity contribution in [3.05, 3.63) is 42.5 Å². The number of rotatable bonds is 7. The molecule has 10 heteroatoms. The Hall–Kier alpha value is -2.69. The summed E-state index contributed by atoms with van der Waals surface area (Å²) in [5.41, 5.74) is -0.591. The quantitative estimate of drug-likeness (QED) is 0.0976. The molecule has 3 unspecified atom stereocenters. The van der Waals surface area contributed by atoms with Crippen LogP contribution in [0.15, 0.2) is 46.9 Å². The summed E-state index contributed by atoms with van der Waals surface area (Å²) < 4.78 is 6.40. The zero-order valence-electron chi connectivity index (χ0n) is 27.6. The van der Waals surface area contributed by atoms with Gasteiger partial charge in [0.1, 0.15) is 11.9 Å². The lowest BCUT2D eigenvalue weighted by Gasteiger charge is -2.61. The number of ether oxygens (including phenoxy) is 1. The fraction of sp³-hybridized carbons (Fsp3) is 0.657. The van der Waals surface area contributed by atoms with Crippen LogP contribution >= 0.6 is 11.8 Å². The molecule has 0 spiro atoms. The summed E-state index contributed by atoms with van der Waals surface area (Å²) in [5, 5.41) is 29.5. The molecule has 246 valence electrons. The maximum Gasteiger partial charge on any atom is 0.316 e. The molecule has 1 aromatic carbocycles. The number of nitrogens with one attached hydrogen (secondary N) is 2. The predicted molar refractivity (Wildman–Crippen MR) is 179 cm³/mol. The second-order valence-corrected chi connectivity index (χ2v) is 15.3. The third kappa shape index (κ3) is 6.22. The van der Waals surface area contributed by atoms with Gasteiger partial charge in [-0.2, -0.15) is 5.10 Å². The highest BCUT2D eigenvalue weighted by Crippen LogP contribution is 2.68. The Morgan fingerprint density at radius 3 is 2.73 bits per heavy atom. The van der Waals surface area contributed by atoms with Crippen LogP contribution in [0.3, 0.4) is 0 Å². The molecule has 1 aromatic rings. The van der Waals surface area contributed by atoms with Gasteiger partial charge in [0.15, 0.2) is 0 Å². The number of aliphatic hydroxyl groups is 1. The summed E-state index contributed by atoms with van der Waals surface area (Å²) in [6.45, 7) is 15.9. The standard InChI is InChI=1S/C35H51N5O4S/c1-7-33(4)20-28(34(5)23(2)11-13-35(24(3)31(33)43)14-12-27(41)30(34)35)44-29(42)22-45-26-10-8-9-25(19-26)21-38-39(6)32(36)40-17-15-37-16-18-40/h7-10,19,21,23-24,28,30-31,36-37,43H,1,11-18,20,22H2,2-6H3/t23?,24-,28+,30?,31-,33+,34-,35?/m0/s1. The monoisotopic (exact) mass is 637 g/mol. The number of guanidine groups is 1. The Morgan fingerprint density at radius 2 is 2.02 bits per heavy atom. The molecule has 3 N–H and O–H groups in total. The van der Waals surface area contributed by atoms with Crippen molar-refractivity contribution in [1.82, 2.24) is 15.2 Å². The zero-order chi connectivity index (χ0) is 32.6. The van der Waals surface area contributed by atoms with Gasteiger partial charge in [-0.05, 0) is 60.6 Å². The van der Waals surface area contributed by atoms with E-state index in [1.165, 1.54) is 11.8 Å². The van der Waals surface area contributed by atoms with Crippen LogP contribution in [0.1, 0.15) is 65.4 Å². The molecule has 5 rings (SSSR count). The topological polar surface area (TPSA) is 118 Å². The highest BCUT2D eigenvalue weighted by Gasteiger charge is 2.68. The molecule has 2 bridgehead atoms. The number of ketones is 1. The van der Waals surface area contributed by atoms with E-state index >= 15 is 0 Å². The van der Waals surface area contributed by atoms with Crippen molar-refractivity contribution in [3.63, 3.8) is 0 Å². The molecule has 4 aliphatic rings. The average Bonchev–Trinajstić information content (AvgIpc) is 3.41. The number of carbonyl (C=O) groups excluding carboxylic acids is 2. The number of Topliss-reactive ketones (excluding diaryl/α,β-unsaturated/α-hetero) is 1. The number of nitrogens with zero attached hydrogens (tertiary/aromatic N) is 3. The number of carbonyl (C=O) groups is 2. The molecule has 9 nitrogen and oxygen atoms in total. The van der Waals surface area contributed by atoms with Crippen LogP contribution in [-0.4, -0.2) is 90.1 Å². The zero-order valence-corrected chi connectivity index (χ0v) is 28.4. The number of hydrogen-bond donors (Lipinski definition) is 3. The Morgan fingerprint density at radius 1 is 1.29 bits per heavy atom. The van der Waals surface area contributed by atoms with E-state index in [1.807, 2.05) is 42.2 Å². The Bertz CT molecular complexity index is 1330. The summed E-state index contributed by atoms with van der Waals surface area (Å²) in [6.07, 6.45) is 5.96. The number of aliphatic hydroxyl groups excluding tert-OH is 1. The van der Waals surface area contributed by atoms with Crippen LogP contribution in [0.5, 0.6) is 0 Å². The molecule has 1 heterocycles. The SMILES string of the molecule is C=C[C@]1(C)C[C@@H](OC(=O)CSc2cccc(C=NN(C)C(=N)N3CCNCC3)c2)[C@]2(C)C(C)CCC3(CCC(=O)C32)[C@@H](C)[C@@H]1O. The van der Waals surface area contributed by atoms with Gasteiger partial charge in [0.2, 0.25) is 5.96 Å². The van der Waals surface area contributed by atoms with E-state index in [1.54, 1.807) is 18.3 Å². The van der Waals surface area contributed by atoms with Crippen molar-refractivity contribution in [2.24, 2.45) is 39.1 Å². The van der Waals surface area contributed by atoms with Gasteiger partial charge in [0, 0.05) is 61.3 Å². The highest BCUT2D eigenvalue weighted by molar-refractivity contribution is 8.00. The van der Waals surface area contributed by atoms with E-state index in [4.69, 9.17) is 10.1 Å². The number of esters is 1. The number of thioether (sulfide) groups is 1. The summed E-state index contributed by atoms with van der Waals surface area (Å²) in [5.74, 6) is 0.331. The van der Waals surface area contributed by atoms with E-state index in [-0.39, 0.29) is 40.7 Å². The van der Waals surface area contributed by atoms with Gasteiger partial charge in [-0.15, -0.1) is 18.3 Å². The first-order chi connectivity index (χ1) is 21.4. The van der Waals surface area contributed by atoms with Crippen molar-refractivity contribution in [2.75, 3.05) is 39.0 Å². The smallest absolute Gasteiger partial charge is 0.316 e. The van der Waals surface area contributed by atoms with E-state index in [0.29, 0.717) is 18.8 Å². The Labute approximate surface area is 272 Å². The minimum atomic E-state index is -0.680. The fourth-order valence-electron chi connectivity index (χ4n) is 8.81. The van der Waals surface area contributed by atoms with E-state index in [9.17, 15) is 14.7 Å². The molecule has 45 heavy (non-hydrogen) atoms. The number of hydrogen-bond acceptors (Lipinski definition) is 8. The van der Waals surface area contributed by atoms with Crippen molar-refractivity contribution in [1.29, 1.82) is 5.41 Å². The van der Waals surface area contributed by atoms with Crippen LogP contribution in [-0.2, 0) is 14.3 Å². The van der Waals surface area contributed by atoms with Crippen LogP contribution < -0.4 is 5.32 Å². The minimum Gasteiger partial charge on any atom is -0.461 e. The van der Waals surface area contributed by atoms with Crippen molar-refractivity contribution in [3.8, 4) is 0 Å². The molecule has 0 aromatic heterocycles. The maximum atomic E-state index is 13.6. The van der Waals surface area contributed by atoms with Gasteiger partial charge < -0.3 is 20.1 Å². The van der Waals surface area contributed by atoms with Gasteiger partial charge in [-0.25, -0.2) is 5.01 Å². The molecule has 4 fully saturated rings. The summed E-state index contributed by atoms with van der Waals surface area (Å²) >= 11 is 1.41. The highest BCUT2D eigenvalue weighted by atomic mass is 32.2. The summed E-state index contributed by atoms with van der Waals surface area (Å²) in [4.78, 5) is 30.1. The molecular formula is C35H51N5O4S. The van der Waals surface area contributed by atoms with Gasteiger partial charge in [0.05, 0.1) is 18.1 Å². The van der Waals surface area contributed by atoms with E-state index in [0.717, 1.165) is 55.9 Å². The first kappa shape index (κ1) is 33.7. The first-order valence-electron chi connectivity index (χ1n) is 16.4. The molecule has 1 saturated heterocycles. The Balaban J connectivity index is 1.30. The fourth-order valence-corrected chi connectivity index (χ4v) is 9.56. The first-order valence-corrected chi connectivity index (χ1v) is 17.4. The second kappa shape index (κ2) is 13.2. The normalized spacial score (nSPS) is 36.6. The van der Waals surface area contributed by atoms with Gasteiger partial charge >= 0.3 is 5.97 Å². The molecule has 0 amide bonds. The van der Waals surface area contributed by atoms with Gasteiger partial charge in [0.25, 0.3) is 0 Å². The largest absolute Gasteiger partial charge is 0.461 e. The average molecular weight is 638 g/mol. The Kier molecular flexibility index (Phi) is 9.88. The minimum absolute atomic E-state index is 0.0563. The second-order valence-electron chi connectivity index (χ2n) is 14.3. The molecule has 1 aliphatic heterocycles. The van der Waals surface area contributed by atoms with Crippen LogP contribution in [0.25, 0.3) is 0 Å². The summed E-state index contributed by atoms with van der Waals surface area (Å²) in [6, 6.07) is 7.81. The number of piperazine rings is 1. The van der Waals surface area contributed by atoms with Crippen LogP contribution in [0.4, 0.5) is 0 Å². The van der Waals surface area contributed by atoms with Gasteiger partial charge in [-0.1, -0.05) is 45.9 Å². The molecule has 3 aliphatic carbocycles. The lowest BCUT2D eigenvalue weighted by atomic mass is 9.44. The number of hydrazone groups is 1. The third-order valence-electron chi connectivity index (χ3n) is 11.9. The van der Waals surface area contributed by atoms with E-state index in [2.05, 4.69) is 37.8 Å². The molecule has 3 saturated carbocycles. The lowest BCUT2D eigenvalue weighted by Crippen LogP contribution is -2.63. The van der Waals surface area contributed by atoms with Crippen LogP contribution in [0.2, 0.25) is 0 Å². The molecule has 8 atom stereocenters. The van der Waals surface area contributed by atoms with Crippen molar-refractivity contribution in [2.45, 2.75) is 76.9 Å². The number of benzene rings is 1. The molecule has 0 radical (unpaired) electrons. The van der Waals surface area contributed by atoms with Crippen molar-refractivity contribution >= 4 is 35.7 Å². The maximum absolute atomic E-state index is 13.6. The molecular weight excluding hydrogens is 586 g/mol. The van der Waals surface area contributed by atoms with Crippen molar-refractivity contribution < 1.29 is 19.4 Å². The lowest BCUT2D eigenvalue weighted by molar-refractivity contribution is -0.205. The summed E-state index contributed by atoms with van der Waals surface area (Å²) in [7, 11) is 1.78. The third-order valence-corrected chi connectivity index (χ3v) is 12.9. The van der Waals surface area contributed by atoms with Gasteiger partial charge in [-0.3, -0.25) is 15.0 Å². The predicted octanol–water partition coefficient (Wildman–Crippen LogP) is 4.79.